The van der Waals surface area contributed by atoms with Crippen LogP contribution in [0.1, 0.15) is 5.56 Å². The molecule has 6 heteroatoms. The Bertz CT molecular complexity index is 1170. The van der Waals surface area contributed by atoms with E-state index in [9.17, 15) is 9.59 Å². The van der Waals surface area contributed by atoms with E-state index in [2.05, 4.69) is 20.5 Å². The molecule has 4 rings (SSSR count). The Morgan fingerprint density at radius 2 is 1.74 bits per heavy atom. The number of aromatic amines is 1. The van der Waals surface area contributed by atoms with Crippen molar-refractivity contribution in [3.63, 3.8) is 0 Å². The summed E-state index contributed by atoms with van der Waals surface area (Å²) in [5, 5.41) is 11.0. The molecule has 0 aliphatic rings. The van der Waals surface area contributed by atoms with Crippen molar-refractivity contribution in [2.45, 2.75) is 6.42 Å². The third-order valence-electron chi connectivity index (χ3n) is 4.23. The van der Waals surface area contributed by atoms with E-state index in [1.807, 2.05) is 54.6 Å². The van der Waals surface area contributed by atoms with Gasteiger partial charge in [-0.05, 0) is 35.9 Å². The highest BCUT2D eigenvalue weighted by molar-refractivity contribution is 5.96. The number of carbonyl (C=O) groups is 1. The zero-order chi connectivity index (χ0) is 18.6. The number of benzene rings is 2. The van der Waals surface area contributed by atoms with Gasteiger partial charge >= 0.3 is 0 Å². The van der Waals surface area contributed by atoms with E-state index in [0.717, 1.165) is 16.5 Å². The number of fused-ring (bicyclic) bond motifs is 1. The van der Waals surface area contributed by atoms with Crippen molar-refractivity contribution in [1.29, 1.82) is 0 Å². The minimum absolute atomic E-state index is 0.113. The van der Waals surface area contributed by atoms with Crippen molar-refractivity contribution in [3.8, 4) is 11.3 Å². The van der Waals surface area contributed by atoms with Gasteiger partial charge in [0.1, 0.15) is 0 Å². The van der Waals surface area contributed by atoms with Crippen molar-refractivity contribution in [2.75, 3.05) is 5.32 Å². The van der Waals surface area contributed by atoms with Gasteiger partial charge in [0.25, 0.3) is 5.56 Å². The Kier molecular flexibility index (Phi) is 4.45. The number of amides is 1. The number of hydrogen-bond donors (Lipinski definition) is 2. The van der Waals surface area contributed by atoms with Crippen LogP contribution in [0.25, 0.3) is 22.0 Å². The summed E-state index contributed by atoms with van der Waals surface area (Å²) in [7, 11) is 0. The molecule has 1 amide bonds. The molecule has 2 heterocycles. The fourth-order valence-electron chi connectivity index (χ4n) is 2.97. The number of rotatable bonds is 4. The number of nitrogens with zero attached hydrogens (tertiary/aromatic N) is 2. The van der Waals surface area contributed by atoms with Crippen LogP contribution in [0.15, 0.2) is 77.9 Å². The highest BCUT2D eigenvalue weighted by Gasteiger charge is 2.10. The van der Waals surface area contributed by atoms with Gasteiger partial charge in [-0.15, -0.1) is 0 Å². The van der Waals surface area contributed by atoms with Gasteiger partial charge in [-0.2, -0.15) is 5.10 Å². The molecule has 2 aromatic heterocycles. The van der Waals surface area contributed by atoms with Gasteiger partial charge in [-0.25, -0.2) is 5.10 Å². The average molecular weight is 356 g/mol. The van der Waals surface area contributed by atoms with E-state index in [0.29, 0.717) is 16.8 Å². The van der Waals surface area contributed by atoms with Gasteiger partial charge in [0.05, 0.1) is 17.5 Å². The number of nitrogens with one attached hydrogen (secondary N) is 2. The van der Waals surface area contributed by atoms with Crippen molar-refractivity contribution >= 4 is 22.4 Å². The van der Waals surface area contributed by atoms with Gasteiger partial charge in [0, 0.05) is 29.0 Å². The molecule has 0 saturated heterocycles. The lowest BCUT2D eigenvalue weighted by Crippen LogP contribution is -2.14. The largest absolute Gasteiger partial charge is 0.326 e. The predicted octanol–water partition coefficient (Wildman–Crippen LogP) is 3.17. The Hall–Kier alpha value is -3.80. The first-order chi connectivity index (χ1) is 13.2. The van der Waals surface area contributed by atoms with Crippen LogP contribution in [0.2, 0.25) is 0 Å². The van der Waals surface area contributed by atoms with Crippen molar-refractivity contribution in [3.05, 3.63) is 89.0 Å². The molecule has 27 heavy (non-hydrogen) atoms. The smallest absolute Gasteiger partial charge is 0.272 e. The number of anilines is 1. The summed E-state index contributed by atoms with van der Waals surface area (Å²) < 4.78 is 0. The van der Waals surface area contributed by atoms with Crippen LogP contribution in [-0.4, -0.2) is 21.1 Å². The molecular formula is C21H16N4O2. The molecule has 6 nitrogen and oxygen atoms in total. The lowest BCUT2D eigenvalue weighted by Gasteiger charge is -2.09. The highest BCUT2D eigenvalue weighted by Crippen LogP contribution is 2.26. The molecule has 0 spiro atoms. The second kappa shape index (κ2) is 7.21. The van der Waals surface area contributed by atoms with E-state index in [-0.39, 0.29) is 17.9 Å². The second-order valence-electron chi connectivity index (χ2n) is 6.11. The standard InChI is InChI=1S/C21H16N4O2/c26-19(12-14-8-10-22-11-9-14)23-16-5-3-4-15(13-16)20-17-6-1-2-7-18(17)21(27)25-24-20/h1-11,13H,12H2,(H,23,26)(H,25,27). The van der Waals surface area contributed by atoms with E-state index >= 15 is 0 Å². The van der Waals surface area contributed by atoms with Crippen molar-refractivity contribution in [1.82, 2.24) is 15.2 Å². The first-order valence-corrected chi connectivity index (χ1v) is 8.47. The van der Waals surface area contributed by atoms with Crippen molar-refractivity contribution in [2.24, 2.45) is 0 Å². The van der Waals surface area contributed by atoms with Crippen molar-refractivity contribution < 1.29 is 4.79 Å². The quantitative estimate of drug-likeness (QED) is 0.588. The molecule has 0 unspecified atom stereocenters. The van der Waals surface area contributed by atoms with Crippen LogP contribution >= 0.6 is 0 Å². The second-order valence-corrected chi connectivity index (χ2v) is 6.11. The van der Waals surface area contributed by atoms with Crippen LogP contribution in [0.3, 0.4) is 0 Å². The normalized spacial score (nSPS) is 10.7. The maximum Gasteiger partial charge on any atom is 0.272 e. The zero-order valence-corrected chi connectivity index (χ0v) is 14.3. The van der Waals surface area contributed by atoms with E-state index < -0.39 is 0 Å². The summed E-state index contributed by atoms with van der Waals surface area (Å²) >= 11 is 0. The fourth-order valence-corrected chi connectivity index (χ4v) is 2.97. The molecule has 2 aromatic carbocycles. The third kappa shape index (κ3) is 3.59. The first kappa shape index (κ1) is 16.7. The van der Waals surface area contributed by atoms with Gasteiger partial charge in [0.15, 0.2) is 0 Å². The minimum Gasteiger partial charge on any atom is -0.326 e. The third-order valence-corrected chi connectivity index (χ3v) is 4.23. The molecular weight excluding hydrogens is 340 g/mol. The van der Waals surface area contributed by atoms with Crippen LogP contribution in [0.5, 0.6) is 0 Å². The number of H-pyrrole nitrogens is 1. The molecule has 132 valence electrons. The summed E-state index contributed by atoms with van der Waals surface area (Å²) in [4.78, 5) is 28.2. The predicted molar refractivity (Wildman–Crippen MR) is 104 cm³/mol. The van der Waals surface area contributed by atoms with Crippen LogP contribution in [0.4, 0.5) is 5.69 Å². The average Bonchev–Trinajstić information content (AvgIpc) is 2.69. The van der Waals surface area contributed by atoms with Gasteiger partial charge in [0.2, 0.25) is 5.91 Å². The molecule has 0 fully saturated rings. The van der Waals surface area contributed by atoms with Crippen LogP contribution < -0.4 is 10.9 Å². The Balaban J connectivity index is 1.63. The van der Waals surface area contributed by atoms with Gasteiger partial charge in [-0.3, -0.25) is 14.6 Å². The highest BCUT2D eigenvalue weighted by atomic mass is 16.1. The SMILES string of the molecule is O=C(Cc1ccncc1)Nc1cccc(-c2n[nH]c(=O)c3ccccc23)c1. The monoisotopic (exact) mass is 356 g/mol. The van der Waals surface area contributed by atoms with Crippen LogP contribution in [-0.2, 0) is 11.2 Å². The lowest BCUT2D eigenvalue weighted by molar-refractivity contribution is -0.115. The lowest BCUT2D eigenvalue weighted by atomic mass is 10.0. The van der Waals surface area contributed by atoms with Gasteiger partial charge in [-0.1, -0.05) is 30.3 Å². The molecule has 2 N–H and O–H groups in total. The number of pyridine rings is 1. The topological polar surface area (TPSA) is 87.7 Å². The Labute approximate surface area is 154 Å². The van der Waals surface area contributed by atoms with E-state index in [4.69, 9.17) is 0 Å². The molecule has 4 aromatic rings. The summed E-state index contributed by atoms with van der Waals surface area (Å²) in [6.07, 6.45) is 3.60. The molecule has 0 radical (unpaired) electrons. The van der Waals surface area contributed by atoms with E-state index in [1.165, 1.54) is 0 Å². The minimum atomic E-state index is -0.226. The molecule has 0 atom stereocenters. The summed E-state index contributed by atoms with van der Waals surface area (Å²) in [6.45, 7) is 0. The summed E-state index contributed by atoms with van der Waals surface area (Å²) in [5.41, 5.74) is 2.81. The zero-order valence-electron chi connectivity index (χ0n) is 14.3. The number of carbonyl (C=O) groups excluding carboxylic acids is 1. The molecule has 0 aliphatic heterocycles. The molecule has 0 saturated carbocycles. The number of aromatic nitrogens is 3. The maximum atomic E-state index is 12.3. The Morgan fingerprint density at radius 1 is 0.963 bits per heavy atom. The van der Waals surface area contributed by atoms with Crippen LogP contribution in [0, 0.1) is 0 Å². The van der Waals surface area contributed by atoms with E-state index in [1.54, 1.807) is 18.5 Å². The fraction of sp³-hybridized carbons (Fsp3) is 0.0476. The Morgan fingerprint density at radius 3 is 2.56 bits per heavy atom. The summed E-state index contributed by atoms with van der Waals surface area (Å²) in [6, 6.07) is 18.3. The summed E-state index contributed by atoms with van der Waals surface area (Å²) in [5.74, 6) is -0.113. The molecule has 0 aliphatic carbocycles. The maximum absolute atomic E-state index is 12.3. The first-order valence-electron chi connectivity index (χ1n) is 8.47. The number of hydrogen-bond acceptors (Lipinski definition) is 4. The van der Waals surface area contributed by atoms with Gasteiger partial charge < -0.3 is 5.32 Å². The molecule has 0 bridgehead atoms.